The van der Waals surface area contributed by atoms with Gasteiger partial charge in [-0.15, -0.1) is 11.3 Å². The first-order valence-electron chi connectivity index (χ1n) is 7.95. The second-order valence-electron chi connectivity index (χ2n) is 5.94. The first kappa shape index (κ1) is 13.6. The van der Waals surface area contributed by atoms with Crippen molar-refractivity contribution in [2.24, 2.45) is 0 Å². The molecule has 0 atom stereocenters. The van der Waals surface area contributed by atoms with E-state index in [4.69, 9.17) is 9.97 Å². The predicted octanol–water partition coefficient (Wildman–Crippen LogP) is 5.97. The molecular formula is C21H14N2S. The molecule has 0 spiro atoms. The third kappa shape index (κ3) is 1.95. The third-order valence-corrected chi connectivity index (χ3v) is 5.49. The maximum atomic E-state index is 4.99. The van der Waals surface area contributed by atoms with Gasteiger partial charge in [0.2, 0.25) is 0 Å². The Morgan fingerprint density at radius 2 is 1.50 bits per heavy atom. The van der Waals surface area contributed by atoms with Crippen molar-refractivity contribution in [2.75, 3.05) is 0 Å². The lowest BCUT2D eigenvalue weighted by Crippen LogP contribution is -1.93. The largest absolute Gasteiger partial charge is 0.248 e. The second kappa shape index (κ2) is 5.11. The Hall–Kier alpha value is -2.78. The molecule has 0 saturated carbocycles. The number of aryl methyl sites for hydroxylation is 1. The van der Waals surface area contributed by atoms with Crippen LogP contribution in [0.1, 0.15) is 5.69 Å². The summed E-state index contributed by atoms with van der Waals surface area (Å²) in [7, 11) is 0. The fourth-order valence-corrected chi connectivity index (χ4v) is 4.31. The van der Waals surface area contributed by atoms with Gasteiger partial charge < -0.3 is 0 Å². The number of hydrogen-bond donors (Lipinski definition) is 0. The summed E-state index contributed by atoms with van der Waals surface area (Å²) < 4.78 is 1.24. The van der Waals surface area contributed by atoms with Crippen molar-refractivity contribution < 1.29 is 0 Å². The SMILES string of the molecule is Cc1nc2c(nc1-c1cccc3ccccc13)sc1ccccc12. The van der Waals surface area contributed by atoms with Gasteiger partial charge in [0.15, 0.2) is 0 Å². The highest BCUT2D eigenvalue weighted by Gasteiger charge is 2.14. The molecule has 0 bridgehead atoms. The summed E-state index contributed by atoms with van der Waals surface area (Å²) in [5.41, 5.74) is 4.11. The van der Waals surface area contributed by atoms with Crippen LogP contribution in [-0.4, -0.2) is 9.97 Å². The van der Waals surface area contributed by atoms with Gasteiger partial charge in [0.05, 0.1) is 11.4 Å². The molecule has 0 radical (unpaired) electrons. The monoisotopic (exact) mass is 326 g/mol. The number of benzene rings is 3. The molecule has 0 aliphatic heterocycles. The first-order valence-corrected chi connectivity index (χ1v) is 8.77. The van der Waals surface area contributed by atoms with Gasteiger partial charge in [0, 0.05) is 15.6 Å². The molecule has 114 valence electrons. The van der Waals surface area contributed by atoms with E-state index in [0.29, 0.717) is 0 Å². The van der Waals surface area contributed by atoms with Crippen LogP contribution in [0.25, 0.3) is 42.5 Å². The highest BCUT2D eigenvalue weighted by atomic mass is 32.1. The average molecular weight is 326 g/mol. The summed E-state index contributed by atoms with van der Waals surface area (Å²) in [6.45, 7) is 2.05. The number of rotatable bonds is 1. The van der Waals surface area contributed by atoms with E-state index in [1.165, 1.54) is 20.9 Å². The van der Waals surface area contributed by atoms with Crippen LogP contribution in [0.2, 0.25) is 0 Å². The van der Waals surface area contributed by atoms with E-state index in [-0.39, 0.29) is 0 Å². The lowest BCUT2D eigenvalue weighted by atomic mass is 10.0. The summed E-state index contributed by atoms with van der Waals surface area (Å²) in [5, 5.41) is 3.64. The predicted molar refractivity (Wildman–Crippen MR) is 103 cm³/mol. The lowest BCUT2D eigenvalue weighted by Gasteiger charge is -2.08. The number of fused-ring (bicyclic) bond motifs is 4. The van der Waals surface area contributed by atoms with Crippen molar-refractivity contribution in [2.45, 2.75) is 6.92 Å². The van der Waals surface area contributed by atoms with Crippen LogP contribution < -0.4 is 0 Å². The van der Waals surface area contributed by atoms with Crippen LogP contribution >= 0.6 is 11.3 Å². The topological polar surface area (TPSA) is 25.8 Å². The fraction of sp³-hybridized carbons (Fsp3) is 0.0476. The lowest BCUT2D eigenvalue weighted by molar-refractivity contribution is 1.21. The molecule has 24 heavy (non-hydrogen) atoms. The molecule has 0 fully saturated rings. The van der Waals surface area contributed by atoms with Crippen molar-refractivity contribution in [3.05, 3.63) is 72.4 Å². The zero-order chi connectivity index (χ0) is 16.1. The first-order chi connectivity index (χ1) is 11.8. The van der Waals surface area contributed by atoms with Crippen LogP contribution in [0.4, 0.5) is 0 Å². The molecular weight excluding hydrogens is 312 g/mol. The van der Waals surface area contributed by atoms with Crippen LogP contribution in [-0.2, 0) is 0 Å². The Labute approximate surface area is 143 Å². The van der Waals surface area contributed by atoms with Gasteiger partial charge in [0.1, 0.15) is 10.3 Å². The third-order valence-electron chi connectivity index (χ3n) is 4.43. The van der Waals surface area contributed by atoms with Gasteiger partial charge in [-0.25, -0.2) is 9.97 Å². The van der Waals surface area contributed by atoms with Crippen molar-refractivity contribution in [3.8, 4) is 11.3 Å². The van der Waals surface area contributed by atoms with E-state index in [1.54, 1.807) is 11.3 Å². The van der Waals surface area contributed by atoms with E-state index in [0.717, 1.165) is 27.3 Å². The van der Waals surface area contributed by atoms with E-state index < -0.39 is 0 Å². The van der Waals surface area contributed by atoms with Gasteiger partial charge in [-0.2, -0.15) is 0 Å². The smallest absolute Gasteiger partial charge is 0.143 e. The average Bonchev–Trinajstić information content (AvgIpc) is 2.98. The second-order valence-corrected chi connectivity index (χ2v) is 6.97. The van der Waals surface area contributed by atoms with Gasteiger partial charge in [-0.1, -0.05) is 60.7 Å². The minimum absolute atomic E-state index is 0.974. The maximum absolute atomic E-state index is 4.99. The molecule has 5 aromatic rings. The van der Waals surface area contributed by atoms with Gasteiger partial charge in [-0.3, -0.25) is 0 Å². The normalized spacial score (nSPS) is 11.5. The quantitative estimate of drug-likeness (QED) is 0.379. The molecule has 2 nitrogen and oxygen atoms in total. The molecule has 3 aromatic carbocycles. The standard InChI is InChI=1S/C21H14N2S/c1-13-19(16-11-6-8-14-7-2-3-9-15(14)16)23-21-20(22-13)17-10-4-5-12-18(17)24-21/h2-12H,1H3. The summed E-state index contributed by atoms with van der Waals surface area (Å²) in [6.07, 6.45) is 0. The number of nitrogens with zero attached hydrogens (tertiary/aromatic N) is 2. The zero-order valence-electron chi connectivity index (χ0n) is 13.2. The van der Waals surface area contributed by atoms with Crippen LogP contribution in [0.5, 0.6) is 0 Å². The molecule has 3 heteroatoms. The number of aromatic nitrogens is 2. The molecule has 0 aliphatic carbocycles. The van der Waals surface area contributed by atoms with Crippen LogP contribution in [0, 0.1) is 6.92 Å². The number of thiophene rings is 1. The van der Waals surface area contributed by atoms with Crippen molar-refractivity contribution in [1.29, 1.82) is 0 Å². The van der Waals surface area contributed by atoms with Gasteiger partial charge in [0.25, 0.3) is 0 Å². The molecule has 0 unspecified atom stereocenters. The van der Waals surface area contributed by atoms with Crippen molar-refractivity contribution in [3.63, 3.8) is 0 Å². The Morgan fingerprint density at radius 1 is 0.750 bits per heavy atom. The van der Waals surface area contributed by atoms with Crippen molar-refractivity contribution in [1.82, 2.24) is 9.97 Å². The molecule has 2 aromatic heterocycles. The molecule has 0 amide bonds. The Balaban J connectivity index is 1.86. The summed E-state index contributed by atoms with van der Waals surface area (Å²) in [4.78, 5) is 10.9. The molecule has 0 aliphatic rings. The van der Waals surface area contributed by atoms with Gasteiger partial charge in [-0.05, 0) is 23.8 Å². The van der Waals surface area contributed by atoms with E-state index in [9.17, 15) is 0 Å². The summed E-state index contributed by atoms with van der Waals surface area (Å²) in [5.74, 6) is 0. The molecule has 0 N–H and O–H groups in total. The molecule has 0 saturated heterocycles. The van der Waals surface area contributed by atoms with E-state index >= 15 is 0 Å². The Kier molecular flexibility index (Phi) is 2.91. The summed E-state index contributed by atoms with van der Waals surface area (Å²) >= 11 is 1.71. The minimum atomic E-state index is 0.974. The Bertz CT molecular complexity index is 1220. The molecule has 5 rings (SSSR count). The van der Waals surface area contributed by atoms with Gasteiger partial charge >= 0.3 is 0 Å². The highest BCUT2D eigenvalue weighted by molar-refractivity contribution is 7.25. The Morgan fingerprint density at radius 3 is 2.42 bits per heavy atom. The highest BCUT2D eigenvalue weighted by Crippen LogP contribution is 2.35. The maximum Gasteiger partial charge on any atom is 0.143 e. The number of hydrogen-bond acceptors (Lipinski definition) is 3. The van der Waals surface area contributed by atoms with E-state index in [2.05, 4.69) is 73.7 Å². The minimum Gasteiger partial charge on any atom is -0.248 e. The molecule has 2 heterocycles. The zero-order valence-corrected chi connectivity index (χ0v) is 14.0. The summed E-state index contributed by atoms with van der Waals surface area (Å²) in [6, 6.07) is 23.2. The van der Waals surface area contributed by atoms with Crippen LogP contribution in [0.15, 0.2) is 66.7 Å². The van der Waals surface area contributed by atoms with E-state index in [1.807, 2.05) is 0 Å². The van der Waals surface area contributed by atoms with Crippen LogP contribution in [0.3, 0.4) is 0 Å². The fourth-order valence-electron chi connectivity index (χ4n) is 3.29. The van der Waals surface area contributed by atoms with Crippen molar-refractivity contribution >= 4 is 42.5 Å².